The summed E-state index contributed by atoms with van der Waals surface area (Å²) in [5, 5.41) is 3.38. The van der Waals surface area contributed by atoms with E-state index in [4.69, 9.17) is 4.74 Å². The van der Waals surface area contributed by atoms with Crippen LogP contribution in [0.15, 0.2) is 23.8 Å². The Bertz CT molecular complexity index is 537. The van der Waals surface area contributed by atoms with E-state index in [0.29, 0.717) is 19.3 Å². The predicted molar refractivity (Wildman–Crippen MR) is 86.4 cm³/mol. The number of hydrogen-bond donors (Lipinski definition) is 1. The molecular formula is C16H23N3OS. The van der Waals surface area contributed by atoms with Gasteiger partial charge in [-0.25, -0.2) is 4.98 Å². The van der Waals surface area contributed by atoms with E-state index in [9.17, 15) is 0 Å². The van der Waals surface area contributed by atoms with Crippen molar-refractivity contribution in [2.75, 3.05) is 6.61 Å². The summed E-state index contributed by atoms with van der Waals surface area (Å²) in [5.74, 6) is 0. The Kier molecular flexibility index (Phi) is 6.29. The highest BCUT2D eigenvalue weighted by atomic mass is 32.1. The van der Waals surface area contributed by atoms with Crippen molar-refractivity contribution >= 4 is 11.3 Å². The Hall–Kier alpha value is -1.30. The van der Waals surface area contributed by atoms with Gasteiger partial charge in [-0.1, -0.05) is 19.9 Å². The Morgan fingerprint density at radius 3 is 2.76 bits per heavy atom. The van der Waals surface area contributed by atoms with Gasteiger partial charge in [-0.15, -0.1) is 11.3 Å². The molecule has 2 heterocycles. The van der Waals surface area contributed by atoms with Gasteiger partial charge in [0.25, 0.3) is 0 Å². The molecule has 2 aromatic rings. The molecule has 2 aromatic heterocycles. The lowest BCUT2D eigenvalue weighted by Gasteiger charge is -2.08. The van der Waals surface area contributed by atoms with Crippen molar-refractivity contribution in [3.8, 4) is 0 Å². The highest BCUT2D eigenvalue weighted by Gasteiger charge is 2.02. The molecule has 0 saturated carbocycles. The van der Waals surface area contributed by atoms with Gasteiger partial charge in [0.1, 0.15) is 0 Å². The second-order valence-electron chi connectivity index (χ2n) is 5.36. The van der Waals surface area contributed by atoms with Gasteiger partial charge >= 0.3 is 0 Å². The normalized spacial score (nSPS) is 11.2. The van der Waals surface area contributed by atoms with Crippen molar-refractivity contribution in [3.63, 3.8) is 0 Å². The van der Waals surface area contributed by atoms with Crippen molar-refractivity contribution in [2.24, 2.45) is 0 Å². The molecule has 2 rings (SSSR count). The average Bonchev–Trinajstić information content (AvgIpc) is 2.88. The van der Waals surface area contributed by atoms with Crippen molar-refractivity contribution in [1.29, 1.82) is 0 Å². The van der Waals surface area contributed by atoms with Crippen LogP contribution in [0.2, 0.25) is 0 Å². The molecule has 0 amide bonds. The van der Waals surface area contributed by atoms with Gasteiger partial charge in [-0.2, -0.15) is 0 Å². The van der Waals surface area contributed by atoms with Crippen LogP contribution >= 0.6 is 11.3 Å². The fourth-order valence-electron chi connectivity index (χ4n) is 1.87. The van der Waals surface area contributed by atoms with E-state index >= 15 is 0 Å². The van der Waals surface area contributed by atoms with E-state index < -0.39 is 0 Å². The van der Waals surface area contributed by atoms with Crippen molar-refractivity contribution in [1.82, 2.24) is 15.3 Å². The largest absolute Gasteiger partial charge is 0.375 e. The van der Waals surface area contributed by atoms with Gasteiger partial charge in [-0.05, 0) is 18.6 Å². The molecule has 4 nitrogen and oxygen atoms in total. The Labute approximate surface area is 130 Å². The first-order valence-electron chi connectivity index (χ1n) is 7.29. The minimum absolute atomic E-state index is 0.489. The number of ether oxygens (including phenoxy) is 1. The molecule has 0 bridgehead atoms. The summed E-state index contributed by atoms with van der Waals surface area (Å²) in [7, 11) is 0. The Balaban J connectivity index is 1.70. The van der Waals surface area contributed by atoms with E-state index in [1.165, 1.54) is 10.4 Å². The van der Waals surface area contributed by atoms with Crippen molar-refractivity contribution < 1.29 is 4.74 Å². The first-order valence-corrected chi connectivity index (χ1v) is 8.17. The third-order valence-corrected chi connectivity index (χ3v) is 4.16. The van der Waals surface area contributed by atoms with Crippen LogP contribution in [0.3, 0.4) is 0 Å². The maximum absolute atomic E-state index is 5.69. The first kappa shape index (κ1) is 16.1. The molecule has 5 heteroatoms. The molecule has 0 fully saturated rings. The number of nitrogens with zero attached hydrogens (tertiary/aromatic N) is 2. The molecule has 0 unspecified atom stereocenters. The van der Waals surface area contributed by atoms with Crippen molar-refractivity contribution in [3.05, 3.63) is 45.7 Å². The molecule has 0 spiro atoms. The van der Waals surface area contributed by atoms with Crippen LogP contribution in [-0.4, -0.2) is 22.6 Å². The quantitative estimate of drug-likeness (QED) is 0.761. The summed E-state index contributed by atoms with van der Waals surface area (Å²) in [4.78, 5) is 9.98. The minimum atomic E-state index is 0.489. The van der Waals surface area contributed by atoms with Gasteiger partial charge in [-0.3, -0.25) is 4.98 Å². The summed E-state index contributed by atoms with van der Waals surface area (Å²) >= 11 is 1.69. The van der Waals surface area contributed by atoms with Gasteiger partial charge in [0.2, 0.25) is 0 Å². The smallest absolute Gasteiger partial charge is 0.0887 e. The number of pyridine rings is 1. The number of nitrogens with one attached hydrogen (secondary N) is 1. The standard InChI is InChI=1S/C16H23N3OS/c1-12(2)17-8-14-4-5-15(18-9-14)10-20-7-6-16-13(3)19-11-21-16/h4-5,9,11-12,17H,6-8,10H2,1-3H3. The number of aryl methyl sites for hydroxylation is 1. The number of rotatable bonds is 8. The third-order valence-electron chi connectivity index (χ3n) is 3.17. The second kappa shape index (κ2) is 8.22. The molecule has 21 heavy (non-hydrogen) atoms. The molecule has 0 aliphatic heterocycles. The first-order chi connectivity index (χ1) is 10.1. The monoisotopic (exact) mass is 305 g/mol. The van der Waals surface area contributed by atoms with E-state index in [-0.39, 0.29) is 0 Å². The fraction of sp³-hybridized carbons (Fsp3) is 0.500. The zero-order valence-corrected chi connectivity index (χ0v) is 13.7. The molecule has 0 radical (unpaired) electrons. The highest BCUT2D eigenvalue weighted by Crippen LogP contribution is 2.13. The summed E-state index contributed by atoms with van der Waals surface area (Å²) in [5.41, 5.74) is 5.18. The molecule has 0 aromatic carbocycles. The SMILES string of the molecule is Cc1ncsc1CCOCc1ccc(CNC(C)C)cn1. The molecule has 0 saturated heterocycles. The lowest BCUT2D eigenvalue weighted by atomic mass is 10.2. The van der Waals surface area contributed by atoms with Crippen LogP contribution in [0, 0.1) is 6.92 Å². The van der Waals surface area contributed by atoms with E-state index in [1.807, 2.05) is 24.7 Å². The van der Waals surface area contributed by atoms with Crippen LogP contribution in [0.5, 0.6) is 0 Å². The second-order valence-corrected chi connectivity index (χ2v) is 6.30. The molecule has 0 aliphatic carbocycles. The average molecular weight is 305 g/mol. The number of aromatic nitrogens is 2. The molecule has 114 valence electrons. The van der Waals surface area contributed by atoms with Gasteiger partial charge in [0.15, 0.2) is 0 Å². The summed E-state index contributed by atoms with van der Waals surface area (Å²) in [6.07, 6.45) is 2.84. The maximum Gasteiger partial charge on any atom is 0.0887 e. The molecule has 1 N–H and O–H groups in total. The van der Waals surface area contributed by atoms with E-state index in [1.54, 1.807) is 11.3 Å². The Morgan fingerprint density at radius 2 is 2.14 bits per heavy atom. The molecular weight excluding hydrogens is 282 g/mol. The van der Waals surface area contributed by atoms with E-state index in [0.717, 1.165) is 24.4 Å². The maximum atomic E-state index is 5.69. The van der Waals surface area contributed by atoms with Gasteiger partial charge in [0, 0.05) is 30.1 Å². The van der Waals surface area contributed by atoms with Crippen molar-refractivity contribution in [2.45, 2.75) is 46.4 Å². The highest BCUT2D eigenvalue weighted by molar-refractivity contribution is 7.09. The lowest BCUT2D eigenvalue weighted by Crippen LogP contribution is -2.21. The zero-order valence-electron chi connectivity index (χ0n) is 12.9. The lowest BCUT2D eigenvalue weighted by molar-refractivity contribution is 0.121. The van der Waals surface area contributed by atoms with Crippen LogP contribution in [0.1, 0.15) is 35.7 Å². The molecule has 0 aliphatic rings. The number of hydrogen-bond acceptors (Lipinski definition) is 5. The topological polar surface area (TPSA) is 47.0 Å². The molecule has 0 atom stereocenters. The van der Waals surface area contributed by atoms with E-state index in [2.05, 4.69) is 35.2 Å². The van der Waals surface area contributed by atoms with Crippen LogP contribution < -0.4 is 5.32 Å². The zero-order chi connectivity index (χ0) is 15.1. The fourth-order valence-corrected chi connectivity index (χ4v) is 2.64. The number of thiazole rings is 1. The predicted octanol–water partition coefficient (Wildman–Crippen LogP) is 3.10. The third kappa shape index (κ3) is 5.53. The Morgan fingerprint density at radius 1 is 1.29 bits per heavy atom. The summed E-state index contributed by atoms with van der Waals surface area (Å²) < 4.78 is 5.69. The van der Waals surface area contributed by atoms with Gasteiger partial charge < -0.3 is 10.1 Å². The summed E-state index contributed by atoms with van der Waals surface area (Å²) in [6, 6.07) is 4.63. The van der Waals surface area contributed by atoms with Crippen LogP contribution in [0.25, 0.3) is 0 Å². The summed E-state index contributed by atoms with van der Waals surface area (Å²) in [6.45, 7) is 8.45. The minimum Gasteiger partial charge on any atom is -0.375 e. The van der Waals surface area contributed by atoms with Gasteiger partial charge in [0.05, 0.1) is 30.1 Å². The van der Waals surface area contributed by atoms with Crippen LogP contribution in [-0.2, 0) is 24.3 Å². The van der Waals surface area contributed by atoms with Crippen LogP contribution in [0.4, 0.5) is 0 Å².